The van der Waals surface area contributed by atoms with Gasteiger partial charge in [0.05, 0.1) is 6.67 Å². The number of halogens is 1. The van der Waals surface area contributed by atoms with Crippen molar-refractivity contribution in [3.8, 4) is 0 Å². The molecule has 0 saturated heterocycles. The van der Waals surface area contributed by atoms with Gasteiger partial charge in [-0.25, -0.2) is 4.79 Å². The maximum Gasteiger partial charge on any atom is 0.326 e. The second-order valence-electron chi connectivity index (χ2n) is 2.01. The van der Waals surface area contributed by atoms with Gasteiger partial charge in [-0.15, -0.1) is 0 Å². The predicted octanol–water partition coefficient (Wildman–Crippen LogP) is -0.0647. The molecule has 0 fully saturated rings. The zero-order valence-corrected chi connectivity index (χ0v) is 5.92. The largest absolute Gasteiger partial charge is 0.480 e. The van der Waals surface area contributed by atoms with E-state index >= 15 is 0 Å². The smallest absolute Gasteiger partial charge is 0.326 e. The molecule has 1 amide bonds. The van der Waals surface area contributed by atoms with Crippen LogP contribution in [0.15, 0.2) is 0 Å². The minimum absolute atomic E-state index is 0.130. The van der Waals surface area contributed by atoms with E-state index in [4.69, 9.17) is 5.11 Å². The Balaban J connectivity index is 3.69. The van der Waals surface area contributed by atoms with Crippen LogP contribution in [0.5, 0.6) is 0 Å². The molecule has 0 aromatic heterocycles. The number of hydrogen-bond donors (Lipinski definition) is 2. The van der Waals surface area contributed by atoms with Gasteiger partial charge < -0.3 is 10.4 Å². The molecule has 0 aromatic rings. The maximum atomic E-state index is 11.5. The van der Waals surface area contributed by atoms with Gasteiger partial charge in [0, 0.05) is 0 Å². The SMILES string of the molecule is O=CNC(CCCF)C(=O)O. The first kappa shape index (κ1) is 9.87. The third-order valence-electron chi connectivity index (χ3n) is 1.19. The lowest BCUT2D eigenvalue weighted by Gasteiger charge is -2.08. The van der Waals surface area contributed by atoms with E-state index in [-0.39, 0.29) is 12.8 Å². The van der Waals surface area contributed by atoms with Gasteiger partial charge in [0.15, 0.2) is 0 Å². The number of rotatable bonds is 6. The van der Waals surface area contributed by atoms with Gasteiger partial charge >= 0.3 is 5.97 Å². The van der Waals surface area contributed by atoms with Crippen LogP contribution in [0.2, 0.25) is 0 Å². The fourth-order valence-corrected chi connectivity index (χ4v) is 0.642. The zero-order valence-electron chi connectivity index (χ0n) is 5.92. The Kier molecular flexibility index (Phi) is 5.06. The fraction of sp³-hybridized carbons (Fsp3) is 0.667. The maximum absolute atomic E-state index is 11.5. The highest BCUT2D eigenvalue weighted by molar-refractivity contribution is 5.76. The van der Waals surface area contributed by atoms with E-state index in [1.54, 1.807) is 0 Å². The summed E-state index contributed by atoms with van der Waals surface area (Å²) in [5, 5.41) is 10.5. The van der Waals surface area contributed by atoms with E-state index < -0.39 is 18.7 Å². The van der Waals surface area contributed by atoms with Crippen LogP contribution < -0.4 is 5.32 Å². The van der Waals surface area contributed by atoms with Gasteiger partial charge in [0.25, 0.3) is 0 Å². The molecule has 0 aliphatic carbocycles. The molecule has 5 heteroatoms. The van der Waals surface area contributed by atoms with Crippen LogP contribution in [0.3, 0.4) is 0 Å². The van der Waals surface area contributed by atoms with Crippen LogP contribution in [0.1, 0.15) is 12.8 Å². The molecular weight excluding hydrogens is 153 g/mol. The molecule has 1 atom stereocenters. The van der Waals surface area contributed by atoms with E-state index in [9.17, 15) is 14.0 Å². The first-order valence-electron chi connectivity index (χ1n) is 3.20. The van der Waals surface area contributed by atoms with Crippen LogP contribution >= 0.6 is 0 Å². The minimum atomic E-state index is -1.13. The van der Waals surface area contributed by atoms with Crippen molar-refractivity contribution in [2.75, 3.05) is 6.67 Å². The Morgan fingerprint density at radius 2 is 2.36 bits per heavy atom. The Hall–Kier alpha value is -1.13. The third kappa shape index (κ3) is 4.30. The molecule has 11 heavy (non-hydrogen) atoms. The van der Waals surface area contributed by atoms with E-state index in [0.29, 0.717) is 6.41 Å². The lowest BCUT2D eigenvalue weighted by molar-refractivity contribution is -0.140. The summed E-state index contributed by atoms with van der Waals surface area (Å²) in [7, 11) is 0. The molecule has 1 unspecified atom stereocenters. The normalized spacial score (nSPS) is 12.1. The van der Waals surface area contributed by atoms with E-state index in [1.165, 1.54) is 0 Å². The topological polar surface area (TPSA) is 66.4 Å². The summed E-state index contributed by atoms with van der Waals surface area (Å²) in [6.45, 7) is -0.565. The van der Waals surface area contributed by atoms with Crippen molar-refractivity contribution >= 4 is 12.4 Å². The van der Waals surface area contributed by atoms with Crippen molar-refractivity contribution in [1.29, 1.82) is 0 Å². The third-order valence-corrected chi connectivity index (χ3v) is 1.19. The molecule has 0 spiro atoms. The van der Waals surface area contributed by atoms with Gasteiger partial charge in [0.1, 0.15) is 6.04 Å². The summed E-state index contributed by atoms with van der Waals surface area (Å²) >= 11 is 0. The van der Waals surface area contributed by atoms with Crippen molar-refractivity contribution in [2.45, 2.75) is 18.9 Å². The quantitative estimate of drug-likeness (QED) is 0.539. The van der Waals surface area contributed by atoms with Gasteiger partial charge in [-0.2, -0.15) is 0 Å². The first-order valence-corrected chi connectivity index (χ1v) is 3.20. The average molecular weight is 163 g/mol. The minimum Gasteiger partial charge on any atom is -0.480 e. The number of carboxylic acid groups (broad SMARTS) is 1. The number of hydrogen-bond acceptors (Lipinski definition) is 2. The summed E-state index contributed by atoms with van der Waals surface area (Å²) in [6, 6.07) is -0.955. The van der Waals surface area contributed by atoms with E-state index in [1.807, 2.05) is 0 Å². The summed E-state index contributed by atoms with van der Waals surface area (Å²) in [6.07, 6.45) is 0.583. The van der Waals surface area contributed by atoms with Crippen LogP contribution in [0.4, 0.5) is 4.39 Å². The fourth-order valence-electron chi connectivity index (χ4n) is 0.642. The number of alkyl halides is 1. The highest BCUT2D eigenvalue weighted by Crippen LogP contribution is 1.96. The molecule has 0 aromatic carbocycles. The Bertz CT molecular complexity index is 140. The number of nitrogens with one attached hydrogen (secondary N) is 1. The standard InChI is InChI=1S/C6H10FNO3/c7-3-1-2-5(6(10)11)8-4-9/h4-5H,1-3H2,(H,8,9)(H,10,11). The number of amides is 1. The molecule has 0 aliphatic heterocycles. The van der Waals surface area contributed by atoms with Crippen molar-refractivity contribution in [3.63, 3.8) is 0 Å². The van der Waals surface area contributed by atoms with Crippen LogP contribution in [-0.4, -0.2) is 30.2 Å². The van der Waals surface area contributed by atoms with Gasteiger partial charge in [-0.3, -0.25) is 9.18 Å². The van der Waals surface area contributed by atoms with Crippen molar-refractivity contribution in [3.05, 3.63) is 0 Å². The van der Waals surface area contributed by atoms with Gasteiger partial charge in [0.2, 0.25) is 6.41 Å². The molecule has 0 saturated carbocycles. The van der Waals surface area contributed by atoms with E-state index in [2.05, 4.69) is 5.32 Å². The zero-order chi connectivity index (χ0) is 8.69. The first-order chi connectivity index (χ1) is 5.22. The summed E-state index contributed by atoms with van der Waals surface area (Å²) < 4.78 is 11.5. The molecule has 0 aliphatic rings. The molecule has 0 bridgehead atoms. The highest BCUT2D eigenvalue weighted by atomic mass is 19.1. The lowest BCUT2D eigenvalue weighted by atomic mass is 10.2. The van der Waals surface area contributed by atoms with Crippen LogP contribution in [-0.2, 0) is 9.59 Å². The number of carboxylic acids is 1. The summed E-state index contributed by atoms with van der Waals surface area (Å²) in [5.41, 5.74) is 0. The van der Waals surface area contributed by atoms with Crippen LogP contribution in [0, 0.1) is 0 Å². The average Bonchev–Trinajstić information content (AvgIpc) is 1.97. The van der Waals surface area contributed by atoms with Crippen molar-refractivity contribution in [2.24, 2.45) is 0 Å². The number of aliphatic carboxylic acids is 1. The summed E-state index contributed by atoms with van der Waals surface area (Å²) in [5.74, 6) is -1.13. The summed E-state index contributed by atoms with van der Waals surface area (Å²) in [4.78, 5) is 20.1. The Morgan fingerprint density at radius 3 is 2.73 bits per heavy atom. The molecule has 0 radical (unpaired) electrons. The molecule has 0 heterocycles. The van der Waals surface area contributed by atoms with Crippen LogP contribution in [0.25, 0.3) is 0 Å². The lowest BCUT2D eigenvalue weighted by Crippen LogP contribution is -2.35. The van der Waals surface area contributed by atoms with Gasteiger partial charge in [-0.05, 0) is 12.8 Å². The number of carbonyl (C=O) groups is 2. The van der Waals surface area contributed by atoms with Crippen molar-refractivity contribution < 1.29 is 19.1 Å². The predicted molar refractivity (Wildman–Crippen MR) is 35.8 cm³/mol. The highest BCUT2D eigenvalue weighted by Gasteiger charge is 2.14. The Morgan fingerprint density at radius 1 is 1.73 bits per heavy atom. The molecule has 64 valence electrons. The molecule has 0 rings (SSSR count). The molecule has 4 nitrogen and oxygen atoms in total. The number of carbonyl (C=O) groups excluding carboxylic acids is 1. The molecular formula is C6H10FNO3. The monoisotopic (exact) mass is 163 g/mol. The molecule has 2 N–H and O–H groups in total. The second-order valence-corrected chi connectivity index (χ2v) is 2.01. The van der Waals surface area contributed by atoms with Crippen molar-refractivity contribution in [1.82, 2.24) is 5.32 Å². The van der Waals surface area contributed by atoms with E-state index in [0.717, 1.165) is 0 Å². The Labute approximate surface area is 63.4 Å². The second kappa shape index (κ2) is 5.64. The van der Waals surface area contributed by atoms with Gasteiger partial charge in [-0.1, -0.05) is 0 Å².